The van der Waals surface area contributed by atoms with Crippen molar-refractivity contribution in [3.8, 4) is 28.4 Å². The first kappa shape index (κ1) is 20.4. The maximum Gasteiger partial charge on any atom is 0.266 e. The average molecular weight is 435 g/mol. The number of carbonyl (C=O) groups is 1. The van der Waals surface area contributed by atoms with E-state index >= 15 is 0 Å². The number of aromatic hydroxyl groups is 1. The molecule has 162 valence electrons. The summed E-state index contributed by atoms with van der Waals surface area (Å²) in [6, 6.07) is 27.3. The van der Waals surface area contributed by atoms with Crippen molar-refractivity contribution in [3.05, 3.63) is 91.3 Å². The second kappa shape index (κ2) is 8.92. The van der Waals surface area contributed by atoms with Crippen LogP contribution in [-0.2, 0) is 11.3 Å². The Morgan fingerprint density at radius 3 is 2.33 bits per heavy atom. The van der Waals surface area contributed by atoms with E-state index in [2.05, 4.69) is 20.2 Å². The van der Waals surface area contributed by atoms with E-state index in [0.717, 1.165) is 28.0 Å². The summed E-state index contributed by atoms with van der Waals surface area (Å²) < 4.78 is 1.97. The van der Waals surface area contributed by atoms with Crippen molar-refractivity contribution in [2.45, 2.75) is 13.0 Å². The van der Waals surface area contributed by atoms with Gasteiger partial charge in [0.2, 0.25) is 5.88 Å². The number of nitrogens with zero attached hydrogens (tertiary/aromatic N) is 4. The predicted molar refractivity (Wildman–Crippen MR) is 127 cm³/mol. The van der Waals surface area contributed by atoms with Crippen LogP contribution in [0.2, 0.25) is 0 Å². The summed E-state index contributed by atoms with van der Waals surface area (Å²) in [7, 11) is 0. The number of aromatic amines is 1. The monoisotopic (exact) mass is 435 g/mol. The molecule has 0 aliphatic heterocycles. The lowest BCUT2D eigenvalue weighted by molar-refractivity contribution is -0.118. The van der Waals surface area contributed by atoms with Gasteiger partial charge in [-0.05, 0) is 6.07 Å². The molecule has 2 heterocycles. The van der Waals surface area contributed by atoms with Crippen molar-refractivity contribution in [2.75, 3.05) is 0 Å². The molecular formula is C26H21N5O2. The molecule has 5 rings (SSSR count). The molecule has 0 aliphatic rings. The Morgan fingerprint density at radius 2 is 1.58 bits per heavy atom. The van der Waals surface area contributed by atoms with Gasteiger partial charge >= 0.3 is 0 Å². The third-order valence-electron chi connectivity index (χ3n) is 5.42. The van der Waals surface area contributed by atoms with Crippen LogP contribution in [0.3, 0.4) is 0 Å². The van der Waals surface area contributed by atoms with E-state index in [9.17, 15) is 9.90 Å². The largest absolute Gasteiger partial charge is 0.493 e. The first-order valence-electron chi connectivity index (χ1n) is 10.6. The van der Waals surface area contributed by atoms with Crippen LogP contribution in [0.1, 0.15) is 6.42 Å². The smallest absolute Gasteiger partial charge is 0.266 e. The summed E-state index contributed by atoms with van der Waals surface area (Å²) in [5, 5.41) is 18.6. The number of carbonyl (C=O) groups excluding carboxylic acids is 1. The number of benzene rings is 3. The van der Waals surface area contributed by atoms with Crippen LogP contribution < -0.4 is 0 Å². The molecule has 33 heavy (non-hydrogen) atoms. The molecule has 0 aliphatic carbocycles. The Labute approximate surface area is 190 Å². The van der Waals surface area contributed by atoms with Gasteiger partial charge in [-0.15, -0.1) is 10.2 Å². The van der Waals surface area contributed by atoms with Gasteiger partial charge in [0.25, 0.3) is 5.91 Å². The van der Waals surface area contributed by atoms with Gasteiger partial charge < -0.3 is 14.7 Å². The lowest BCUT2D eigenvalue weighted by Gasteiger charge is -2.10. The molecule has 0 radical (unpaired) electrons. The van der Waals surface area contributed by atoms with Gasteiger partial charge in [-0.2, -0.15) is 0 Å². The number of fused-ring (bicyclic) bond motifs is 1. The van der Waals surface area contributed by atoms with Gasteiger partial charge in [-0.1, -0.05) is 78.9 Å². The predicted octanol–water partition coefficient (Wildman–Crippen LogP) is 6.10. The minimum absolute atomic E-state index is 0.110. The lowest BCUT2D eigenvalue weighted by Crippen LogP contribution is -2.04. The fourth-order valence-corrected chi connectivity index (χ4v) is 3.84. The third kappa shape index (κ3) is 4.16. The number of imidazole rings is 1. The van der Waals surface area contributed by atoms with Crippen LogP contribution in [-0.4, -0.2) is 25.5 Å². The second-order valence-electron chi connectivity index (χ2n) is 7.58. The minimum atomic E-state index is -0.381. The zero-order valence-corrected chi connectivity index (χ0v) is 17.7. The van der Waals surface area contributed by atoms with E-state index in [1.807, 2.05) is 89.5 Å². The third-order valence-corrected chi connectivity index (χ3v) is 5.42. The molecule has 0 unspecified atom stereocenters. The molecule has 7 heteroatoms. The molecule has 0 fully saturated rings. The summed E-state index contributed by atoms with van der Waals surface area (Å²) >= 11 is 0. The number of nitrogens with one attached hydrogen (secondary N) is 1. The standard InChI is InChI=1S/C26H21N5O2/c32-22(29-30-24-20-13-7-8-14-21(20)28-26(24)33)15-16-31-17-27-23(18-9-3-1-4-10-18)25(31)19-11-5-2-6-12-19/h1-14,17,28,33H,15-16H2. The summed E-state index contributed by atoms with van der Waals surface area (Å²) in [5.74, 6) is -0.491. The van der Waals surface area contributed by atoms with Crippen molar-refractivity contribution < 1.29 is 9.90 Å². The fourth-order valence-electron chi connectivity index (χ4n) is 3.84. The van der Waals surface area contributed by atoms with Gasteiger partial charge in [0, 0.05) is 29.5 Å². The van der Waals surface area contributed by atoms with Gasteiger partial charge in [0.05, 0.1) is 23.2 Å². The van der Waals surface area contributed by atoms with Crippen molar-refractivity contribution >= 4 is 22.5 Å². The molecule has 7 nitrogen and oxygen atoms in total. The van der Waals surface area contributed by atoms with Crippen LogP contribution in [0.5, 0.6) is 5.88 Å². The van der Waals surface area contributed by atoms with E-state index in [4.69, 9.17) is 0 Å². The Hall–Kier alpha value is -4.52. The van der Waals surface area contributed by atoms with Crippen LogP contribution in [0.25, 0.3) is 33.4 Å². The van der Waals surface area contributed by atoms with Crippen molar-refractivity contribution in [3.63, 3.8) is 0 Å². The summed E-state index contributed by atoms with van der Waals surface area (Å²) in [4.78, 5) is 20.0. The van der Waals surface area contributed by atoms with Crippen LogP contribution in [0.4, 0.5) is 5.69 Å². The molecule has 1 amide bonds. The summed E-state index contributed by atoms with van der Waals surface area (Å²) in [5.41, 5.74) is 4.83. The Kier molecular flexibility index (Phi) is 5.51. The lowest BCUT2D eigenvalue weighted by atomic mass is 10.0. The number of hydrogen-bond donors (Lipinski definition) is 2. The average Bonchev–Trinajstić information content (AvgIpc) is 3.43. The van der Waals surface area contributed by atoms with Crippen LogP contribution in [0, 0.1) is 0 Å². The van der Waals surface area contributed by atoms with E-state index in [1.165, 1.54) is 0 Å². The van der Waals surface area contributed by atoms with Gasteiger partial charge in [0.15, 0.2) is 5.69 Å². The quantitative estimate of drug-likeness (QED) is 0.315. The number of para-hydroxylation sites is 1. The highest BCUT2D eigenvalue weighted by atomic mass is 16.3. The Balaban J connectivity index is 1.38. The number of rotatable bonds is 6. The van der Waals surface area contributed by atoms with Crippen molar-refractivity contribution in [1.82, 2.24) is 14.5 Å². The fraction of sp³-hybridized carbons (Fsp3) is 0.0769. The molecule has 0 saturated heterocycles. The molecular weight excluding hydrogens is 414 g/mol. The van der Waals surface area contributed by atoms with Crippen LogP contribution in [0.15, 0.2) is 101 Å². The van der Waals surface area contributed by atoms with Crippen molar-refractivity contribution in [2.24, 2.45) is 10.2 Å². The van der Waals surface area contributed by atoms with Crippen LogP contribution >= 0.6 is 0 Å². The molecule has 0 spiro atoms. The number of aryl methyl sites for hydroxylation is 1. The van der Waals surface area contributed by atoms with E-state index in [0.29, 0.717) is 11.9 Å². The Bertz CT molecular complexity index is 1440. The molecule has 3 aromatic carbocycles. The van der Waals surface area contributed by atoms with Gasteiger partial charge in [0.1, 0.15) is 0 Å². The molecule has 2 N–H and O–H groups in total. The molecule has 0 saturated carbocycles. The topological polar surface area (TPSA) is 95.6 Å². The molecule has 5 aromatic rings. The highest BCUT2D eigenvalue weighted by molar-refractivity contribution is 5.94. The highest BCUT2D eigenvalue weighted by Gasteiger charge is 2.16. The minimum Gasteiger partial charge on any atom is -0.493 e. The normalized spacial score (nSPS) is 11.4. The zero-order valence-electron chi connectivity index (χ0n) is 17.7. The second-order valence-corrected chi connectivity index (χ2v) is 7.58. The maximum absolute atomic E-state index is 12.5. The summed E-state index contributed by atoms with van der Waals surface area (Å²) in [6.45, 7) is 0.405. The first-order chi connectivity index (χ1) is 16.2. The number of aromatic nitrogens is 3. The number of azo groups is 1. The molecule has 0 atom stereocenters. The molecule has 2 aromatic heterocycles. The van der Waals surface area contributed by atoms with Gasteiger partial charge in [-0.25, -0.2) is 4.98 Å². The first-order valence-corrected chi connectivity index (χ1v) is 10.6. The van der Waals surface area contributed by atoms with Crippen molar-refractivity contribution in [1.29, 1.82) is 0 Å². The number of H-pyrrole nitrogens is 1. The van der Waals surface area contributed by atoms with E-state index in [-0.39, 0.29) is 23.9 Å². The maximum atomic E-state index is 12.5. The van der Waals surface area contributed by atoms with E-state index < -0.39 is 0 Å². The number of amides is 1. The van der Waals surface area contributed by atoms with Gasteiger partial charge in [-0.3, -0.25) is 4.79 Å². The SMILES string of the molecule is O=C(CCn1cnc(-c2ccccc2)c1-c1ccccc1)N=Nc1c(O)[nH]c2ccccc12. The summed E-state index contributed by atoms with van der Waals surface area (Å²) in [6.07, 6.45) is 1.90. The van der Waals surface area contributed by atoms with E-state index in [1.54, 1.807) is 6.33 Å². The molecule has 0 bridgehead atoms. The Morgan fingerprint density at radius 1 is 0.909 bits per heavy atom. The zero-order chi connectivity index (χ0) is 22.6. The highest BCUT2D eigenvalue weighted by Crippen LogP contribution is 2.35. The number of hydrogen-bond acceptors (Lipinski definition) is 4.